The molecule has 1 N–H and O–H groups in total. The van der Waals surface area contributed by atoms with Crippen LogP contribution in [0.2, 0.25) is 0 Å². The second kappa shape index (κ2) is 7.30. The van der Waals surface area contributed by atoms with Gasteiger partial charge in [0.2, 0.25) is 0 Å². The molecule has 0 bridgehead atoms. The van der Waals surface area contributed by atoms with E-state index in [9.17, 15) is 9.59 Å². The highest BCUT2D eigenvalue weighted by molar-refractivity contribution is 7.16. The van der Waals surface area contributed by atoms with Crippen LogP contribution in [0.3, 0.4) is 0 Å². The van der Waals surface area contributed by atoms with Crippen molar-refractivity contribution in [3.8, 4) is 0 Å². The Bertz CT molecular complexity index is 743. The zero-order valence-corrected chi connectivity index (χ0v) is 14.8. The van der Waals surface area contributed by atoms with Crippen LogP contribution >= 0.6 is 11.3 Å². The molecule has 128 valence electrons. The van der Waals surface area contributed by atoms with Gasteiger partial charge in [0.05, 0.1) is 21.3 Å². The van der Waals surface area contributed by atoms with E-state index in [1.165, 1.54) is 17.8 Å². The van der Waals surface area contributed by atoms with Gasteiger partial charge < -0.3 is 10.1 Å². The molecule has 1 heterocycles. The van der Waals surface area contributed by atoms with Crippen molar-refractivity contribution in [1.82, 2.24) is 10.3 Å². The lowest BCUT2D eigenvalue weighted by atomic mass is 9.86. The number of nitrogens with one attached hydrogen (secondary N) is 1. The number of amides is 1. The quantitative estimate of drug-likeness (QED) is 0.860. The van der Waals surface area contributed by atoms with Gasteiger partial charge >= 0.3 is 5.97 Å². The number of carbonyl (C=O) groups excluding carboxylic acids is 2. The van der Waals surface area contributed by atoms with E-state index >= 15 is 0 Å². The molecule has 1 aromatic carbocycles. The van der Waals surface area contributed by atoms with Gasteiger partial charge in [-0.25, -0.2) is 9.78 Å². The summed E-state index contributed by atoms with van der Waals surface area (Å²) < 4.78 is 6.26. The normalized spacial score (nSPS) is 22.1. The molecular weight excluding hydrogens is 324 g/mol. The first kappa shape index (κ1) is 16.9. The van der Waals surface area contributed by atoms with Crippen LogP contribution in [0.25, 0.3) is 10.2 Å². The smallest absolute Gasteiger partial charge is 0.338 e. The van der Waals surface area contributed by atoms with E-state index in [1.807, 2.05) is 0 Å². The highest BCUT2D eigenvalue weighted by Gasteiger charge is 2.26. The maximum atomic E-state index is 12.3. The van der Waals surface area contributed by atoms with Gasteiger partial charge in [0.25, 0.3) is 5.91 Å². The lowest BCUT2D eigenvalue weighted by Gasteiger charge is -2.30. The van der Waals surface area contributed by atoms with Crippen LogP contribution in [0.5, 0.6) is 0 Å². The Morgan fingerprint density at radius 3 is 2.92 bits per heavy atom. The SMILES string of the molecule is C[C@@H]1CCCC[C@H]1NC(=O)[C@@H](C)OC(=O)c1ccc2ncsc2c1. The van der Waals surface area contributed by atoms with Gasteiger partial charge in [0, 0.05) is 6.04 Å². The van der Waals surface area contributed by atoms with Crippen molar-refractivity contribution in [2.75, 3.05) is 0 Å². The van der Waals surface area contributed by atoms with Crippen LogP contribution in [-0.4, -0.2) is 29.0 Å². The summed E-state index contributed by atoms with van der Waals surface area (Å²) >= 11 is 1.47. The number of rotatable bonds is 4. The third-order valence-electron chi connectivity index (χ3n) is 4.66. The Kier molecular flexibility index (Phi) is 5.14. The number of fused-ring (bicyclic) bond motifs is 1. The van der Waals surface area contributed by atoms with E-state index in [0.717, 1.165) is 29.5 Å². The third-order valence-corrected chi connectivity index (χ3v) is 5.45. The molecule has 0 unspecified atom stereocenters. The van der Waals surface area contributed by atoms with Crippen molar-refractivity contribution >= 4 is 33.4 Å². The van der Waals surface area contributed by atoms with Gasteiger partial charge in [-0.15, -0.1) is 11.3 Å². The standard InChI is InChI=1S/C18H22N2O3S/c1-11-5-3-4-6-14(11)20-17(21)12(2)23-18(22)13-7-8-15-16(9-13)24-10-19-15/h7-12,14H,3-6H2,1-2H3,(H,20,21)/t11-,12-,14-/m1/s1. The topological polar surface area (TPSA) is 68.3 Å². The Morgan fingerprint density at radius 1 is 1.33 bits per heavy atom. The summed E-state index contributed by atoms with van der Waals surface area (Å²) in [4.78, 5) is 28.7. The summed E-state index contributed by atoms with van der Waals surface area (Å²) in [7, 11) is 0. The number of hydrogen-bond acceptors (Lipinski definition) is 5. The Balaban J connectivity index is 1.59. The fraction of sp³-hybridized carbons (Fsp3) is 0.500. The van der Waals surface area contributed by atoms with Gasteiger partial charge in [0.1, 0.15) is 0 Å². The molecule has 5 nitrogen and oxygen atoms in total. The summed E-state index contributed by atoms with van der Waals surface area (Å²) in [6, 6.07) is 5.40. The molecule has 0 aliphatic heterocycles. The largest absolute Gasteiger partial charge is 0.449 e. The van der Waals surface area contributed by atoms with Gasteiger partial charge in [0.15, 0.2) is 6.10 Å². The molecule has 1 aliphatic carbocycles. The van der Waals surface area contributed by atoms with E-state index in [1.54, 1.807) is 30.6 Å². The molecule has 1 aromatic heterocycles. The lowest BCUT2D eigenvalue weighted by Crippen LogP contribution is -2.45. The molecule has 1 fully saturated rings. The fourth-order valence-corrected chi connectivity index (χ4v) is 3.81. The summed E-state index contributed by atoms with van der Waals surface area (Å²) in [5.74, 6) is -0.232. The van der Waals surface area contributed by atoms with Crippen LogP contribution < -0.4 is 5.32 Å². The summed E-state index contributed by atoms with van der Waals surface area (Å²) in [6.45, 7) is 3.77. The molecule has 0 radical (unpaired) electrons. The van der Waals surface area contributed by atoms with Gasteiger partial charge in [-0.2, -0.15) is 0 Å². The molecule has 3 rings (SSSR count). The summed E-state index contributed by atoms with van der Waals surface area (Å²) in [5, 5.41) is 3.03. The predicted molar refractivity (Wildman–Crippen MR) is 94.1 cm³/mol. The lowest BCUT2D eigenvalue weighted by molar-refractivity contribution is -0.130. The first-order valence-electron chi connectivity index (χ1n) is 8.39. The first-order chi connectivity index (χ1) is 11.5. The van der Waals surface area contributed by atoms with E-state index in [4.69, 9.17) is 4.74 Å². The number of thiazole rings is 1. The maximum Gasteiger partial charge on any atom is 0.338 e. The third kappa shape index (κ3) is 3.75. The number of carbonyl (C=O) groups is 2. The van der Waals surface area contributed by atoms with Gasteiger partial charge in [-0.3, -0.25) is 4.79 Å². The molecule has 6 heteroatoms. The predicted octanol–water partition coefficient (Wildman–Crippen LogP) is 3.54. The minimum Gasteiger partial charge on any atom is -0.449 e. The Labute approximate surface area is 145 Å². The van der Waals surface area contributed by atoms with Crippen LogP contribution in [0.1, 0.15) is 49.9 Å². The van der Waals surface area contributed by atoms with Crippen molar-refractivity contribution in [3.63, 3.8) is 0 Å². The van der Waals surface area contributed by atoms with Crippen LogP contribution in [0.15, 0.2) is 23.7 Å². The van der Waals surface area contributed by atoms with Crippen molar-refractivity contribution in [2.24, 2.45) is 5.92 Å². The number of nitrogens with zero attached hydrogens (tertiary/aromatic N) is 1. The summed E-state index contributed by atoms with van der Waals surface area (Å²) in [6.07, 6.45) is 3.68. The molecule has 3 atom stereocenters. The van der Waals surface area contributed by atoms with Crippen LogP contribution in [0, 0.1) is 5.92 Å². The number of hydrogen-bond donors (Lipinski definition) is 1. The zero-order valence-electron chi connectivity index (χ0n) is 14.0. The van der Waals surface area contributed by atoms with Crippen molar-refractivity contribution < 1.29 is 14.3 Å². The molecule has 1 saturated carbocycles. The Hall–Kier alpha value is -1.95. The Morgan fingerprint density at radius 2 is 2.12 bits per heavy atom. The summed E-state index contributed by atoms with van der Waals surface area (Å²) in [5.41, 5.74) is 3.03. The average Bonchev–Trinajstić information content (AvgIpc) is 3.04. The van der Waals surface area contributed by atoms with E-state index < -0.39 is 12.1 Å². The number of esters is 1. The molecule has 2 aromatic rings. The van der Waals surface area contributed by atoms with Crippen LogP contribution in [-0.2, 0) is 9.53 Å². The van der Waals surface area contributed by atoms with Crippen molar-refractivity contribution in [2.45, 2.75) is 51.7 Å². The number of ether oxygens (including phenoxy) is 1. The minimum absolute atomic E-state index is 0.181. The fourth-order valence-electron chi connectivity index (χ4n) is 3.09. The molecule has 24 heavy (non-hydrogen) atoms. The number of aromatic nitrogens is 1. The first-order valence-corrected chi connectivity index (χ1v) is 9.27. The average molecular weight is 346 g/mol. The van der Waals surface area contributed by atoms with Crippen molar-refractivity contribution in [1.29, 1.82) is 0 Å². The monoisotopic (exact) mass is 346 g/mol. The highest BCUT2D eigenvalue weighted by atomic mass is 32.1. The second-order valence-corrected chi connectivity index (χ2v) is 7.35. The maximum absolute atomic E-state index is 12.3. The highest BCUT2D eigenvalue weighted by Crippen LogP contribution is 2.24. The van der Waals surface area contributed by atoms with Crippen molar-refractivity contribution in [3.05, 3.63) is 29.3 Å². The number of benzene rings is 1. The molecule has 0 spiro atoms. The molecular formula is C18H22N2O3S. The minimum atomic E-state index is -0.802. The molecule has 0 saturated heterocycles. The van der Waals surface area contributed by atoms with Gasteiger partial charge in [-0.05, 0) is 43.9 Å². The van der Waals surface area contributed by atoms with Crippen LogP contribution in [0.4, 0.5) is 0 Å². The second-order valence-electron chi connectivity index (χ2n) is 6.46. The van der Waals surface area contributed by atoms with E-state index in [2.05, 4.69) is 17.2 Å². The zero-order chi connectivity index (χ0) is 17.1. The van der Waals surface area contributed by atoms with Gasteiger partial charge in [-0.1, -0.05) is 19.8 Å². The van der Waals surface area contributed by atoms with E-state index in [0.29, 0.717) is 11.5 Å². The molecule has 1 aliphatic rings. The van der Waals surface area contributed by atoms with E-state index in [-0.39, 0.29) is 11.9 Å². The molecule has 1 amide bonds.